The van der Waals surface area contributed by atoms with Crippen molar-refractivity contribution in [1.29, 1.82) is 0 Å². The van der Waals surface area contributed by atoms with Gasteiger partial charge in [-0.2, -0.15) is 0 Å². The third-order valence-electron chi connectivity index (χ3n) is 2.96. The Morgan fingerprint density at radius 3 is 2.28 bits per heavy atom. The Morgan fingerprint density at radius 1 is 1.17 bits per heavy atom. The fourth-order valence-corrected chi connectivity index (χ4v) is 2.02. The molecule has 1 unspecified atom stereocenters. The van der Waals surface area contributed by atoms with Gasteiger partial charge in [0.05, 0.1) is 6.04 Å². The second kappa shape index (κ2) is 6.61. The van der Waals surface area contributed by atoms with Gasteiger partial charge in [0.25, 0.3) is 0 Å². The molecule has 0 fully saturated rings. The smallest absolute Gasteiger partial charge is 0.176 e. The first-order chi connectivity index (χ1) is 8.49. The molecule has 102 valence electrons. The van der Waals surface area contributed by atoms with Crippen LogP contribution in [0.3, 0.4) is 0 Å². The molecule has 0 saturated heterocycles. The molecular formula is C14H24N2O2. The van der Waals surface area contributed by atoms with Gasteiger partial charge in [0, 0.05) is 39.7 Å². The van der Waals surface area contributed by atoms with Crippen molar-refractivity contribution in [3.63, 3.8) is 0 Å². The van der Waals surface area contributed by atoms with Crippen molar-refractivity contribution < 1.29 is 9.47 Å². The number of benzene rings is 1. The van der Waals surface area contributed by atoms with Gasteiger partial charge in [-0.05, 0) is 31.5 Å². The average Bonchev–Trinajstić information content (AvgIpc) is 2.32. The third-order valence-corrected chi connectivity index (χ3v) is 2.96. The van der Waals surface area contributed by atoms with Gasteiger partial charge in [0.2, 0.25) is 0 Å². The van der Waals surface area contributed by atoms with Crippen LogP contribution in [-0.2, 0) is 9.47 Å². The fourth-order valence-electron chi connectivity index (χ4n) is 2.02. The molecule has 0 amide bonds. The summed E-state index contributed by atoms with van der Waals surface area (Å²) in [5, 5.41) is 3.39. The third kappa shape index (κ3) is 3.62. The SMILES string of the molecule is COC(OC)C(C)Nc1ccc(C)c(N(C)C)c1. The topological polar surface area (TPSA) is 33.7 Å². The number of aryl methyl sites for hydroxylation is 1. The van der Waals surface area contributed by atoms with E-state index in [1.165, 1.54) is 11.3 Å². The van der Waals surface area contributed by atoms with Gasteiger partial charge in [0.1, 0.15) is 0 Å². The van der Waals surface area contributed by atoms with E-state index in [1.54, 1.807) is 14.2 Å². The van der Waals surface area contributed by atoms with Gasteiger partial charge < -0.3 is 19.7 Å². The molecule has 0 aromatic heterocycles. The highest BCUT2D eigenvalue weighted by Gasteiger charge is 2.15. The van der Waals surface area contributed by atoms with Crippen molar-refractivity contribution in [2.45, 2.75) is 26.2 Å². The molecule has 1 aromatic rings. The highest BCUT2D eigenvalue weighted by molar-refractivity contribution is 5.62. The van der Waals surface area contributed by atoms with E-state index < -0.39 is 0 Å². The zero-order chi connectivity index (χ0) is 13.7. The summed E-state index contributed by atoms with van der Waals surface area (Å²) < 4.78 is 10.5. The van der Waals surface area contributed by atoms with E-state index >= 15 is 0 Å². The Hall–Kier alpha value is -1.26. The second-order valence-electron chi connectivity index (χ2n) is 4.67. The summed E-state index contributed by atoms with van der Waals surface area (Å²) in [4.78, 5) is 2.11. The number of ether oxygens (including phenoxy) is 2. The molecule has 1 atom stereocenters. The monoisotopic (exact) mass is 252 g/mol. The number of nitrogens with one attached hydrogen (secondary N) is 1. The lowest BCUT2D eigenvalue weighted by Gasteiger charge is -2.24. The lowest BCUT2D eigenvalue weighted by molar-refractivity contribution is -0.109. The van der Waals surface area contributed by atoms with Crippen LogP contribution in [0.15, 0.2) is 18.2 Å². The van der Waals surface area contributed by atoms with E-state index in [1.807, 2.05) is 21.0 Å². The number of hydrogen-bond acceptors (Lipinski definition) is 4. The van der Waals surface area contributed by atoms with E-state index in [4.69, 9.17) is 9.47 Å². The number of anilines is 2. The van der Waals surface area contributed by atoms with Gasteiger partial charge in [-0.3, -0.25) is 0 Å². The van der Waals surface area contributed by atoms with Gasteiger partial charge in [-0.1, -0.05) is 6.07 Å². The van der Waals surface area contributed by atoms with Gasteiger partial charge in [-0.25, -0.2) is 0 Å². The summed E-state index contributed by atoms with van der Waals surface area (Å²) in [6, 6.07) is 6.40. The highest BCUT2D eigenvalue weighted by atomic mass is 16.7. The number of methoxy groups -OCH3 is 2. The van der Waals surface area contributed by atoms with Crippen molar-refractivity contribution in [1.82, 2.24) is 0 Å². The lowest BCUT2D eigenvalue weighted by atomic mass is 10.1. The van der Waals surface area contributed by atoms with Crippen LogP contribution in [0.4, 0.5) is 11.4 Å². The molecular weight excluding hydrogens is 228 g/mol. The molecule has 0 aliphatic heterocycles. The Morgan fingerprint density at radius 2 is 1.78 bits per heavy atom. The molecule has 0 spiro atoms. The quantitative estimate of drug-likeness (QED) is 0.789. The number of nitrogens with zero attached hydrogens (tertiary/aromatic N) is 1. The summed E-state index contributed by atoms with van der Waals surface area (Å²) in [6.45, 7) is 4.14. The first-order valence-corrected chi connectivity index (χ1v) is 6.09. The lowest BCUT2D eigenvalue weighted by Crippen LogP contribution is -2.33. The highest BCUT2D eigenvalue weighted by Crippen LogP contribution is 2.23. The van der Waals surface area contributed by atoms with E-state index in [-0.39, 0.29) is 12.3 Å². The van der Waals surface area contributed by atoms with Crippen molar-refractivity contribution in [2.75, 3.05) is 38.5 Å². The fraction of sp³-hybridized carbons (Fsp3) is 0.571. The van der Waals surface area contributed by atoms with E-state index in [2.05, 4.69) is 35.3 Å². The minimum absolute atomic E-state index is 0.0812. The molecule has 1 rings (SSSR count). The molecule has 0 radical (unpaired) electrons. The molecule has 0 saturated carbocycles. The molecule has 0 heterocycles. The van der Waals surface area contributed by atoms with Crippen molar-refractivity contribution in [3.8, 4) is 0 Å². The maximum atomic E-state index is 5.24. The van der Waals surface area contributed by atoms with E-state index in [0.717, 1.165) is 5.69 Å². The van der Waals surface area contributed by atoms with Crippen LogP contribution in [0.25, 0.3) is 0 Å². The summed E-state index contributed by atoms with van der Waals surface area (Å²) >= 11 is 0. The second-order valence-corrected chi connectivity index (χ2v) is 4.67. The molecule has 0 aliphatic carbocycles. The van der Waals surface area contributed by atoms with Crippen LogP contribution in [-0.4, -0.2) is 40.6 Å². The predicted molar refractivity (Wildman–Crippen MR) is 76.4 cm³/mol. The Labute approximate surface area is 110 Å². The van der Waals surface area contributed by atoms with Crippen molar-refractivity contribution in [3.05, 3.63) is 23.8 Å². The first-order valence-electron chi connectivity index (χ1n) is 6.09. The Bertz CT molecular complexity index is 376. The van der Waals surface area contributed by atoms with Crippen LogP contribution in [0.2, 0.25) is 0 Å². The minimum Gasteiger partial charge on any atom is -0.377 e. The molecule has 4 nitrogen and oxygen atoms in total. The summed E-state index contributed by atoms with van der Waals surface area (Å²) in [7, 11) is 7.38. The van der Waals surface area contributed by atoms with Crippen molar-refractivity contribution in [2.24, 2.45) is 0 Å². The van der Waals surface area contributed by atoms with Gasteiger partial charge >= 0.3 is 0 Å². The van der Waals surface area contributed by atoms with Gasteiger partial charge in [-0.15, -0.1) is 0 Å². The van der Waals surface area contributed by atoms with Crippen LogP contribution in [0, 0.1) is 6.92 Å². The number of rotatable bonds is 6. The summed E-state index contributed by atoms with van der Waals surface area (Å²) in [5.74, 6) is 0. The molecule has 1 aromatic carbocycles. The first kappa shape index (κ1) is 14.8. The maximum Gasteiger partial charge on any atom is 0.176 e. The maximum absolute atomic E-state index is 5.24. The van der Waals surface area contributed by atoms with E-state index in [0.29, 0.717) is 0 Å². The zero-order valence-electron chi connectivity index (χ0n) is 12.2. The summed E-state index contributed by atoms with van der Waals surface area (Å²) in [6.07, 6.45) is -0.255. The molecule has 4 heteroatoms. The Kier molecular flexibility index (Phi) is 5.44. The van der Waals surface area contributed by atoms with Crippen LogP contribution >= 0.6 is 0 Å². The van der Waals surface area contributed by atoms with Crippen LogP contribution < -0.4 is 10.2 Å². The normalized spacial score (nSPS) is 12.6. The van der Waals surface area contributed by atoms with Crippen LogP contribution in [0.5, 0.6) is 0 Å². The predicted octanol–water partition coefficient (Wildman–Crippen LogP) is 2.48. The molecule has 0 bridgehead atoms. The zero-order valence-corrected chi connectivity index (χ0v) is 12.2. The molecule has 0 aliphatic rings. The molecule has 1 N–H and O–H groups in total. The average molecular weight is 252 g/mol. The largest absolute Gasteiger partial charge is 0.377 e. The minimum atomic E-state index is -0.255. The van der Waals surface area contributed by atoms with Crippen molar-refractivity contribution >= 4 is 11.4 Å². The van der Waals surface area contributed by atoms with E-state index in [9.17, 15) is 0 Å². The molecule has 18 heavy (non-hydrogen) atoms. The Balaban J connectivity index is 2.82. The standard InChI is InChI=1S/C14H24N2O2/c1-10-7-8-12(9-13(10)16(3)4)15-11(2)14(17-5)18-6/h7-9,11,14-15H,1-6H3. The van der Waals surface area contributed by atoms with Gasteiger partial charge in [0.15, 0.2) is 6.29 Å². The number of hydrogen-bond donors (Lipinski definition) is 1. The van der Waals surface area contributed by atoms with Crippen LogP contribution in [0.1, 0.15) is 12.5 Å². The summed E-state index contributed by atoms with van der Waals surface area (Å²) in [5.41, 5.74) is 3.53.